The first-order valence-electron chi connectivity index (χ1n) is 12.7. The van der Waals surface area contributed by atoms with E-state index in [1.807, 2.05) is 31.4 Å². The van der Waals surface area contributed by atoms with Gasteiger partial charge >= 0.3 is 5.97 Å². The smallest absolute Gasteiger partial charge is 0.340 e. The van der Waals surface area contributed by atoms with Crippen LogP contribution < -0.4 is 9.47 Å². The second-order valence-electron chi connectivity index (χ2n) is 8.67. The van der Waals surface area contributed by atoms with Gasteiger partial charge in [-0.2, -0.15) is 5.06 Å². The summed E-state index contributed by atoms with van der Waals surface area (Å²) in [6.07, 6.45) is 2.54. The maximum absolute atomic E-state index is 13.6. The fourth-order valence-corrected chi connectivity index (χ4v) is 6.16. The number of rotatable bonds is 12. The van der Waals surface area contributed by atoms with Crippen molar-refractivity contribution in [2.45, 2.75) is 40.3 Å². The molecule has 0 spiro atoms. The maximum Gasteiger partial charge on any atom is 0.340 e. The fourth-order valence-electron chi connectivity index (χ4n) is 4.76. The van der Waals surface area contributed by atoms with Crippen LogP contribution in [0.5, 0.6) is 11.5 Å². The van der Waals surface area contributed by atoms with Crippen LogP contribution >= 0.6 is 23.4 Å². The van der Waals surface area contributed by atoms with Crippen LogP contribution in [0.2, 0.25) is 0 Å². The van der Waals surface area contributed by atoms with Crippen molar-refractivity contribution < 1.29 is 28.3 Å². The van der Waals surface area contributed by atoms with Crippen LogP contribution in [0.25, 0.3) is 21.3 Å². The number of hydroxylamine groups is 2. The molecule has 0 atom stereocenters. The molecule has 38 heavy (non-hydrogen) atoms. The fraction of sp³-hybridized carbons (Fsp3) is 0.481. The molecule has 9 nitrogen and oxygen atoms in total. The first kappa shape index (κ1) is 28.6. The molecule has 0 amide bonds. The number of hydrogen-bond acceptors (Lipinski definition) is 11. The zero-order chi connectivity index (χ0) is 27.2. The van der Waals surface area contributed by atoms with Crippen LogP contribution in [-0.4, -0.2) is 67.6 Å². The molecule has 3 aromatic rings. The summed E-state index contributed by atoms with van der Waals surface area (Å²) in [4.78, 5) is 28.4. The number of carbonyl (C=O) groups excluding carboxylic acids is 1. The van der Waals surface area contributed by atoms with Crippen molar-refractivity contribution in [1.82, 2.24) is 14.9 Å². The molecule has 0 saturated carbocycles. The highest BCUT2D eigenvalue weighted by molar-refractivity contribution is 7.93. The summed E-state index contributed by atoms with van der Waals surface area (Å²) in [5, 5.41) is 2.78. The Balaban J connectivity index is 2.01. The Morgan fingerprint density at radius 3 is 2.58 bits per heavy atom. The number of aromatic nitrogens is 1. The first-order valence-corrected chi connectivity index (χ1v) is 14.7. The van der Waals surface area contributed by atoms with E-state index in [1.165, 1.54) is 5.56 Å². The minimum atomic E-state index is -0.372. The molecule has 1 aromatic carbocycles. The normalized spacial score (nSPS) is 13.7. The molecule has 4 rings (SSSR count). The van der Waals surface area contributed by atoms with E-state index in [1.54, 1.807) is 30.6 Å². The third-order valence-electron chi connectivity index (χ3n) is 6.65. The van der Waals surface area contributed by atoms with Gasteiger partial charge in [0.05, 0.1) is 38.6 Å². The van der Waals surface area contributed by atoms with Gasteiger partial charge in [-0.15, -0.1) is 20.7 Å². The quantitative estimate of drug-likeness (QED) is 0.122. The van der Waals surface area contributed by atoms with Gasteiger partial charge < -0.3 is 14.2 Å². The van der Waals surface area contributed by atoms with E-state index < -0.39 is 0 Å². The lowest BCUT2D eigenvalue weighted by Crippen LogP contribution is -2.29. The van der Waals surface area contributed by atoms with Gasteiger partial charge in [0.1, 0.15) is 4.83 Å². The van der Waals surface area contributed by atoms with E-state index in [0.717, 1.165) is 57.8 Å². The Hall–Kier alpha value is -2.41. The van der Waals surface area contributed by atoms with E-state index >= 15 is 0 Å². The summed E-state index contributed by atoms with van der Waals surface area (Å²) in [6, 6.07) is 5.76. The number of benzene rings is 1. The predicted octanol–water partition coefficient (Wildman–Crippen LogP) is 5.50. The van der Waals surface area contributed by atoms with Crippen LogP contribution in [0.15, 0.2) is 18.2 Å². The molecule has 1 aliphatic rings. The summed E-state index contributed by atoms with van der Waals surface area (Å²) < 4.78 is 21.8. The lowest BCUT2D eigenvalue weighted by molar-refractivity contribution is -0.365. The minimum absolute atomic E-state index is 0.274. The number of nitrogens with zero attached hydrogens (tertiary/aromatic N) is 3. The molecular weight excluding hydrogens is 526 g/mol. The standard InChI is InChI=1S/C27H35N3O6S2/c1-7-29(8-2)15-19-25(27(31)34-9-3)23(17-10-11-20(32-4)21(14-17)33-5)24-18-12-13-30(35-36-37-6)16-22(18)38-26(24)28-19/h10-11,14H,7-9,12-13,15-16H2,1-6H3. The largest absolute Gasteiger partial charge is 0.493 e. The van der Waals surface area contributed by atoms with Crippen LogP contribution in [0.4, 0.5) is 0 Å². The van der Waals surface area contributed by atoms with Crippen LogP contribution in [-0.2, 0) is 33.6 Å². The van der Waals surface area contributed by atoms with E-state index in [-0.39, 0.29) is 12.6 Å². The molecule has 0 radical (unpaired) electrons. The summed E-state index contributed by atoms with van der Waals surface area (Å²) >= 11 is 2.79. The van der Waals surface area contributed by atoms with Crippen LogP contribution in [0.3, 0.4) is 0 Å². The molecule has 0 saturated heterocycles. The number of methoxy groups -OCH3 is 2. The zero-order valence-electron chi connectivity index (χ0n) is 22.8. The summed E-state index contributed by atoms with van der Waals surface area (Å²) in [6.45, 7) is 9.75. The van der Waals surface area contributed by atoms with Gasteiger partial charge in [-0.1, -0.05) is 19.9 Å². The second-order valence-corrected chi connectivity index (χ2v) is 10.2. The van der Waals surface area contributed by atoms with Crippen LogP contribution in [0.1, 0.15) is 47.3 Å². The highest BCUT2D eigenvalue weighted by Gasteiger charge is 2.31. The second kappa shape index (κ2) is 13.1. The van der Waals surface area contributed by atoms with Crippen molar-refractivity contribution in [2.75, 3.05) is 46.7 Å². The SMILES string of the molecule is CCOC(=O)c1c(CN(CC)CC)nc2sc3c(c2c1-c1ccc(OC)c(OC)c1)CCN(OOSC)C3. The molecule has 1 aliphatic heterocycles. The van der Waals surface area contributed by atoms with E-state index in [4.69, 9.17) is 28.5 Å². The van der Waals surface area contributed by atoms with Crippen molar-refractivity contribution in [3.8, 4) is 22.6 Å². The van der Waals surface area contributed by atoms with Gasteiger partial charge in [-0.05, 0) is 49.7 Å². The highest BCUT2D eigenvalue weighted by Crippen LogP contribution is 2.44. The van der Waals surface area contributed by atoms with Crippen molar-refractivity contribution in [1.29, 1.82) is 0 Å². The molecular formula is C27H35N3O6S2. The maximum atomic E-state index is 13.6. The van der Waals surface area contributed by atoms with E-state index in [2.05, 4.69) is 18.7 Å². The first-order chi connectivity index (χ1) is 18.5. The molecule has 0 unspecified atom stereocenters. The van der Waals surface area contributed by atoms with Crippen molar-refractivity contribution >= 4 is 39.6 Å². The average Bonchev–Trinajstić information content (AvgIpc) is 3.30. The van der Waals surface area contributed by atoms with E-state index in [0.29, 0.717) is 42.4 Å². The highest BCUT2D eigenvalue weighted by atomic mass is 32.2. The van der Waals surface area contributed by atoms with Crippen LogP contribution in [0, 0.1) is 0 Å². The average molecular weight is 562 g/mol. The molecule has 0 bridgehead atoms. The number of hydrogen-bond donors (Lipinski definition) is 0. The molecule has 0 aliphatic carbocycles. The molecule has 2 aromatic heterocycles. The van der Waals surface area contributed by atoms with Gasteiger partial charge in [-0.3, -0.25) is 4.90 Å². The van der Waals surface area contributed by atoms with Gasteiger partial charge in [0.2, 0.25) is 0 Å². The van der Waals surface area contributed by atoms with Gasteiger partial charge in [0, 0.05) is 47.2 Å². The van der Waals surface area contributed by atoms with Crippen molar-refractivity contribution in [2.24, 2.45) is 0 Å². The van der Waals surface area contributed by atoms with Gasteiger partial charge in [0.15, 0.2) is 11.5 Å². The summed E-state index contributed by atoms with van der Waals surface area (Å²) in [7, 11) is 3.22. The Kier molecular flexibility index (Phi) is 9.85. The van der Waals surface area contributed by atoms with Gasteiger partial charge in [-0.25, -0.2) is 9.78 Å². The lowest BCUT2D eigenvalue weighted by atomic mass is 9.91. The monoisotopic (exact) mass is 561 g/mol. The van der Waals surface area contributed by atoms with Crippen molar-refractivity contribution in [3.05, 3.63) is 39.9 Å². The van der Waals surface area contributed by atoms with Gasteiger partial charge in [0.25, 0.3) is 0 Å². The minimum Gasteiger partial charge on any atom is -0.493 e. The topological polar surface area (TPSA) is 82.6 Å². The number of ether oxygens (including phenoxy) is 3. The van der Waals surface area contributed by atoms with E-state index in [9.17, 15) is 4.79 Å². The Labute approximate surface area is 232 Å². The zero-order valence-corrected chi connectivity index (χ0v) is 24.4. The molecule has 0 fully saturated rings. The third kappa shape index (κ3) is 5.78. The number of carbonyl (C=O) groups is 1. The predicted molar refractivity (Wildman–Crippen MR) is 151 cm³/mol. The molecule has 206 valence electrons. The Morgan fingerprint density at radius 2 is 1.92 bits per heavy atom. The van der Waals surface area contributed by atoms with Crippen molar-refractivity contribution in [3.63, 3.8) is 0 Å². The summed E-state index contributed by atoms with van der Waals surface area (Å²) in [5.41, 5.74) is 4.06. The lowest BCUT2D eigenvalue weighted by Gasteiger charge is -2.24. The number of thiophene rings is 1. The summed E-state index contributed by atoms with van der Waals surface area (Å²) in [5.74, 6) is 0.840. The molecule has 11 heteroatoms. The third-order valence-corrected chi connectivity index (χ3v) is 7.96. The number of esters is 1. The Morgan fingerprint density at radius 1 is 1.16 bits per heavy atom. The molecule has 3 heterocycles. The number of pyridine rings is 1. The Bertz CT molecular complexity index is 1280. The molecule has 0 N–H and O–H groups in total. The number of fused-ring (bicyclic) bond motifs is 3.